The van der Waals surface area contributed by atoms with Crippen molar-refractivity contribution >= 4 is 17.9 Å². The van der Waals surface area contributed by atoms with Crippen LogP contribution >= 0.6 is 0 Å². The summed E-state index contributed by atoms with van der Waals surface area (Å²) in [4.78, 5) is 37.9. The van der Waals surface area contributed by atoms with Gasteiger partial charge in [0, 0.05) is 19.3 Å². The minimum Gasteiger partial charge on any atom is -0.462 e. The van der Waals surface area contributed by atoms with Gasteiger partial charge in [-0.15, -0.1) is 0 Å². The molecule has 0 fully saturated rings. The summed E-state index contributed by atoms with van der Waals surface area (Å²) in [6.45, 7) is 9.02. The van der Waals surface area contributed by atoms with Crippen molar-refractivity contribution in [1.29, 1.82) is 0 Å². The minimum absolute atomic E-state index is 0.0626. The van der Waals surface area contributed by atoms with Gasteiger partial charge in [0.1, 0.15) is 13.2 Å². The highest BCUT2D eigenvalue weighted by atomic mass is 16.6. The van der Waals surface area contributed by atoms with E-state index in [4.69, 9.17) is 14.2 Å². The minimum atomic E-state index is -0.760. The molecule has 0 aliphatic carbocycles. The molecule has 0 saturated carbocycles. The summed E-state index contributed by atoms with van der Waals surface area (Å²) >= 11 is 0. The van der Waals surface area contributed by atoms with Crippen LogP contribution in [-0.2, 0) is 28.6 Å². The van der Waals surface area contributed by atoms with E-state index in [0.29, 0.717) is 19.3 Å². The molecule has 0 aliphatic rings. The number of carbonyl (C=O) groups excluding carboxylic acids is 3. The normalized spacial score (nSPS) is 11.9. The van der Waals surface area contributed by atoms with E-state index in [0.717, 1.165) is 63.7 Å². The largest absolute Gasteiger partial charge is 0.462 e. The highest BCUT2D eigenvalue weighted by molar-refractivity contribution is 5.71. The van der Waals surface area contributed by atoms with E-state index in [1.54, 1.807) is 0 Å². The summed E-state index contributed by atoms with van der Waals surface area (Å²) in [5.41, 5.74) is 0. The van der Waals surface area contributed by atoms with Crippen LogP contribution in [0.25, 0.3) is 0 Å². The SMILES string of the molecule is CCCCCCCCCCCCCCCCCCC(=O)OC[C@@H](COC(=O)CCCCCCCCCCCCC(C)C)OC(=O)CCCCCCCCCCCCCC. The highest BCUT2D eigenvalue weighted by Gasteiger charge is 2.19. The first kappa shape index (κ1) is 57.4. The molecule has 0 aromatic rings. The number of hydrogen-bond donors (Lipinski definition) is 0. The topological polar surface area (TPSA) is 78.9 Å². The Morgan fingerprint density at radius 1 is 0.322 bits per heavy atom. The first-order valence-corrected chi connectivity index (χ1v) is 26.4. The molecule has 0 aromatic carbocycles. The van der Waals surface area contributed by atoms with E-state index in [1.807, 2.05) is 0 Å². The first-order valence-electron chi connectivity index (χ1n) is 26.4. The number of hydrogen-bond acceptors (Lipinski definition) is 6. The molecule has 0 bridgehead atoms. The Bertz CT molecular complexity index is 887. The van der Waals surface area contributed by atoms with Crippen molar-refractivity contribution in [2.75, 3.05) is 13.2 Å². The van der Waals surface area contributed by atoms with Gasteiger partial charge in [-0.2, -0.15) is 0 Å². The van der Waals surface area contributed by atoms with Crippen molar-refractivity contribution in [3.8, 4) is 0 Å². The monoisotopic (exact) mass is 835 g/mol. The van der Waals surface area contributed by atoms with E-state index in [9.17, 15) is 14.4 Å². The van der Waals surface area contributed by atoms with Crippen LogP contribution in [0.2, 0.25) is 0 Å². The zero-order valence-electron chi connectivity index (χ0n) is 40.2. The lowest BCUT2D eigenvalue weighted by Crippen LogP contribution is -2.30. The Balaban J connectivity index is 4.29. The standard InChI is InChI=1S/C53H102O6/c1-5-7-9-11-13-15-17-19-20-21-22-24-28-32-36-40-44-51(54)57-47-50(59-53(56)46-42-38-34-30-23-18-16-14-12-10-8-6-2)48-58-52(55)45-41-37-33-29-26-25-27-31-35-39-43-49(3)4/h49-50H,5-48H2,1-4H3/t50-/m0/s1. The van der Waals surface area contributed by atoms with E-state index in [-0.39, 0.29) is 31.1 Å². The van der Waals surface area contributed by atoms with Crippen LogP contribution in [0.4, 0.5) is 0 Å². The van der Waals surface area contributed by atoms with Crippen LogP contribution in [0.3, 0.4) is 0 Å². The van der Waals surface area contributed by atoms with Gasteiger partial charge in [-0.1, -0.05) is 259 Å². The van der Waals surface area contributed by atoms with Gasteiger partial charge in [-0.05, 0) is 25.2 Å². The Kier molecular flexibility index (Phi) is 46.2. The van der Waals surface area contributed by atoms with Crippen LogP contribution < -0.4 is 0 Å². The fraction of sp³-hybridized carbons (Fsp3) is 0.943. The molecule has 0 unspecified atom stereocenters. The van der Waals surface area contributed by atoms with Crippen LogP contribution in [-0.4, -0.2) is 37.2 Å². The summed E-state index contributed by atoms with van der Waals surface area (Å²) < 4.78 is 16.8. The molecule has 59 heavy (non-hydrogen) atoms. The summed E-state index contributed by atoms with van der Waals surface area (Å²) in [5, 5.41) is 0. The molecule has 0 radical (unpaired) electrons. The van der Waals surface area contributed by atoms with Crippen molar-refractivity contribution in [1.82, 2.24) is 0 Å². The second kappa shape index (κ2) is 47.5. The average molecular weight is 835 g/mol. The van der Waals surface area contributed by atoms with E-state index in [2.05, 4.69) is 27.7 Å². The Labute approximate surface area is 368 Å². The van der Waals surface area contributed by atoms with Gasteiger partial charge in [0.05, 0.1) is 0 Å². The van der Waals surface area contributed by atoms with Crippen molar-refractivity contribution in [3.05, 3.63) is 0 Å². The molecular weight excluding hydrogens is 733 g/mol. The fourth-order valence-electron chi connectivity index (χ4n) is 8.04. The molecule has 0 rings (SSSR count). The maximum Gasteiger partial charge on any atom is 0.306 e. The van der Waals surface area contributed by atoms with Gasteiger partial charge < -0.3 is 14.2 Å². The van der Waals surface area contributed by atoms with Crippen LogP contribution in [0.15, 0.2) is 0 Å². The Morgan fingerprint density at radius 3 is 0.831 bits per heavy atom. The third-order valence-corrected chi connectivity index (χ3v) is 12.0. The molecule has 0 aliphatic heterocycles. The van der Waals surface area contributed by atoms with Crippen LogP contribution in [0.1, 0.15) is 297 Å². The lowest BCUT2D eigenvalue weighted by Gasteiger charge is -2.18. The van der Waals surface area contributed by atoms with E-state index in [1.165, 1.54) is 193 Å². The van der Waals surface area contributed by atoms with Crippen LogP contribution in [0, 0.1) is 5.92 Å². The molecule has 0 heterocycles. The maximum atomic E-state index is 12.8. The van der Waals surface area contributed by atoms with E-state index < -0.39 is 6.10 Å². The molecule has 350 valence electrons. The number of rotatable bonds is 48. The zero-order valence-corrected chi connectivity index (χ0v) is 40.2. The fourth-order valence-corrected chi connectivity index (χ4v) is 8.04. The van der Waals surface area contributed by atoms with Crippen molar-refractivity contribution in [2.45, 2.75) is 303 Å². The Hall–Kier alpha value is -1.59. The molecule has 6 nitrogen and oxygen atoms in total. The van der Waals surface area contributed by atoms with Gasteiger partial charge >= 0.3 is 17.9 Å². The zero-order chi connectivity index (χ0) is 43.1. The quantitative estimate of drug-likeness (QED) is 0.0345. The summed E-state index contributed by atoms with van der Waals surface area (Å²) in [7, 11) is 0. The average Bonchev–Trinajstić information content (AvgIpc) is 3.22. The summed E-state index contributed by atoms with van der Waals surface area (Å²) in [6.07, 6.45) is 49.4. The lowest BCUT2D eigenvalue weighted by atomic mass is 10.0. The number of esters is 3. The molecule has 1 atom stereocenters. The van der Waals surface area contributed by atoms with Gasteiger partial charge in [-0.3, -0.25) is 14.4 Å². The van der Waals surface area contributed by atoms with Gasteiger partial charge in [0.15, 0.2) is 6.10 Å². The number of unbranched alkanes of at least 4 members (excludes halogenated alkanes) is 35. The predicted octanol–water partition coefficient (Wildman–Crippen LogP) is 17.1. The highest BCUT2D eigenvalue weighted by Crippen LogP contribution is 2.17. The molecule has 0 aromatic heterocycles. The summed E-state index contributed by atoms with van der Waals surface area (Å²) in [5.74, 6) is -0.0248. The van der Waals surface area contributed by atoms with Crippen molar-refractivity contribution in [3.63, 3.8) is 0 Å². The van der Waals surface area contributed by atoms with Crippen LogP contribution in [0.5, 0.6) is 0 Å². The number of ether oxygens (including phenoxy) is 3. The number of carbonyl (C=O) groups is 3. The molecule has 0 amide bonds. The van der Waals surface area contributed by atoms with Gasteiger partial charge in [0.2, 0.25) is 0 Å². The maximum absolute atomic E-state index is 12.8. The smallest absolute Gasteiger partial charge is 0.306 e. The molecule has 0 spiro atoms. The van der Waals surface area contributed by atoms with Gasteiger partial charge in [-0.25, -0.2) is 0 Å². The Morgan fingerprint density at radius 2 is 0.559 bits per heavy atom. The third-order valence-electron chi connectivity index (χ3n) is 12.0. The molecule has 6 heteroatoms. The first-order chi connectivity index (χ1) is 28.9. The van der Waals surface area contributed by atoms with Gasteiger partial charge in [0.25, 0.3) is 0 Å². The second-order valence-electron chi connectivity index (χ2n) is 18.6. The molecule has 0 saturated heterocycles. The second-order valence-corrected chi connectivity index (χ2v) is 18.6. The van der Waals surface area contributed by atoms with E-state index >= 15 is 0 Å². The van der Waals surface area contributed by atoms with Crippen molar-refractivity contribution < 1.29 is 28.6 Å². The predicted molar refractivity (Wildman–Crippen MR) is 252 cm³/mol. The third kappa shape index (κ3) is 47.3. The molecular formula is C53H102O6. The summed E-state index contributed by atoms with van der Waals surface area (Å²) in [6, 6.07) is 0. The van der Waals surface area contributed by atoms with Crippen molar-refractivity contribution in [2.24, 2.45) is 5.92 Å². The molecule has 0 N–H and O–H groups in total. The lowest BCUT2D eigenvalue weighted by molar-refractivity contribution is -0.167.